The minimum absolute atomic E-state index is 0.00594. The lowest BCUT2D eigenvalue weighted by Crippen LogP contribution is -2.74. The van der Waals surface area contributed by atoms with Crippen molar-refractivity contribution >= 4 is 27.5 Å². The van der Waals surface area contributed by atoms with Crippen LogP contribution in [0.4, 0.5) is 10.5 Å². The number of benzene rings is 1. The smallest absolute Gasteiger partial charge is 0.332 e. The van der Waals surface area contributed by atoms with Crippen molar-refractivity contribution < 1.29 is 27.9 Å². The fourth-order valence-electron chi connectivity index (χ4n) is 3.73. The molecule has 2 rings (SSSR count). The molecule has 0 aromatic heterocycles. The number of aromatic hydroxyl groups is 1. The Bertz CT molecular complexity index is 817. The summed E-state index contributed by atoms with van der Waals surface area (Å²) in [4.78, 5) is 28.3. The first-order valence-corrected chi connectivity index (χ1v) is 11.1. The minimum Gasteiger partial charge on any atom is -0.508 e. The van der Waals surface area contributed by atoms with Gasteiger partial charge in [0.2, 0.25) is 5.91 Å². The number of nitrogens with zero attached hydrogens (tertiary/aromatic N) is 2. The number of hydrogen-bond donors (Lipinski definition) is 1. The number of urea groups is 1. The highest BCUT2D eigenvalue weighted by Crippen LogP contribution is 2.48. The van der Waals surface area contributed by atoms with Crippen LogP contribution in [0.2, 0.25) is 0 Å². The molecule has 1 aromatic rings. The molecule has 8 nitrogen and oxygen atoms in total. The number of amides is 3. The topological polar surface area (TPSA) is 104 Å². The van der Waals surface area contributed by atoms with Gasteiger partial charge in [0.05, 0.1) is 17.8 Å². The maximum Gasteiger partial charge on any atom is 0.332 e. The van der Waals surface area contributed by atoms with Crippen molar-refractivity contribution in [1.82, 2.24) is 4.90 Å². The molecule has 1 aromatic carbocycles. The van der Waals surface area contributed by atoms with Gasteiger partial charge in [-0.3, -0.25) is 9.69 Å². The molecule has 1 atom stereocenters. The van der Waals surface area contributed by atoms with Crippen molar-refractivity contribution in [3.63, 3.8) is 0 Å². The maximum atomic E-state index is 13.2. The molecule has 9 heteroatoms. The Kier molecular flexibility index (Phi) is 6.71. The van der Waals surface area contributed by atoms with Gasteiger partial charge in [-0.1, -0.05) is 13.8 Å². The Morgan fingerprint density at radius 1 is 1.21 bits per heavy atom. The van der Waals surface area contributed by atoms with E-state index in [2.05, 4.69) is 0 Å². The van der Waals surface area contributed by atoms with Gasteiger partial charge in [-0.15, -0.1) is 0 Å². The highest BCUT2D eigenvalue weighted by atomic mass is 32.2. The Hall–Kier alpha value is -2.13. The van der Waals surface area contributed by atoms with Crippen molar-refractivity contribution in [2.75, 3.05) is 30.9 Å². The summed E-state index contributed by atoms with van der Waals surface area (Å²) in [6, 6.07) is 5.27. The molecule has 1 unspecified atom stereocenters. The zero-order valence-corrected chi connectivity index (χ0v) is 17.5. The normalized spacial score (nSPS) is 18.6. The largest absolute Gasteiger partial charge is 0.508 e. The third kappa shape index (κ3) is 3.60. The number of carbonyl (C=O) groups is 2. The first-order valence-electron chi connectivity index (χ1n) is 9.34. The number of ether oxygens (including phenoxy) is 1. The summed E-state index contributed by atoms with van der Waals surface area (Å²) in [6.07, 6.45) is 0.655. The van der Waals surface area contributed by atoms with Gasteiger partial charge in [0.15, 0.2) is 15.2 Å². The number of methoxy groups -OCH3 is 1. The molecule has 3 amide bonds. The van der Waals surface area contributed by atoms with Gasteiger partial charge in [0.25, 0.3) is 0 Å². The molecule has 0 radical (unpaired) electrons. The van der Waals surface area contributed by atoms with E-state index < -0.39 is 32.6 Å². The number of sulfone groups is 1. The minimum atomic E-state index is -3.78. The lowest BCUT2D eigenvalue weighted by Gasteiger charge is -2.54. The Balaban J connectivity index is 2.44. The maximum absolute atomic E-state index is 13.2. The van der Waals surface area contributed by atoms with Crippen molar-refractivity contribution in [3.8, 4) is 5.75 Å². The molecular weight excluding hydrogens is 384 g/mol. The third-order valence-corrected chi connectivity index (χ3v) is 7.52. The molecule has 156 valence electrons. The second-order valence-corrected chi connectivity index (χ2v) is 8.97. The lowest BCUT2D eigenvalue weighted by molar-refractivity contribution is -0.158. The number of β-lactam (4-membered cyclic amide) rings is 1. The van der Waals surface area contributed by atoms with Crippen molar-refractivity contribution in [2.45, 2.75) is 39.0 Å². The molecule has 1 aliphatic heterocycles. The molecule has 0 aliphatic carbocycles. The van der Waals surface area contributed by atoms with E-state index in [1.165, 1.54) is 24.1 Å². The Labute approximate surface area is 166 Å². The summed E-state index contributed by atoms with van der Waals surface area (Å²) in [7, 11) is -2.38. The molecule has 0 spiro atoms. The summed E-state index contributed by atoms with van der Waals surface area (Å²) in [6.45, 7) is 5.49. The predicted molar refractivity (Wildman–Crippen MR) is 106 cm³/mol. The quantitative estimate of drug-likeness (QED) is 0.658. The van der Waals surface area contributed by atoms with Gasteiger partial charge >= 0.3 is 6.03 Å². The monoisotopic (exact) mass is 412 g/mol. The van der Waals surface area contributed by atoms with Crippen LogP contribution in [0.25, 0.3) is 0 Å². The van der Waals surface area contributed by atoms with Gasteiger partial charge in [-0.2, -0.15) is 0 Å². The van der Waals surface area contributed by atoms with E-state index in [9.17, 15) is 23.1 Å². The first-order chi connectivity index (χ1) is 13.2. The van der Waals surface area contributed by atoms with Gasteiger partial charge < -0.3 is 9.84 Å². The fraction of sp³-hybridized carbons (Fsp3) is 0.579. The number of phenolic OH excluding ortho intramolecular Hbond substituents is 1. The van der Waals surface area contributed by atoms with Crippen LogP contribution in [-0.2, 0) is 19.4 Å². The van der Waals surface area contributed by atoms with Crippen LogP contribution >= 0.6 is 0 Å². The van der Waals surface area contributed by atoms with Crippen LogP contribution in [0.3, 0.4) is 0 Å². The molecule has 1 fully saturated rings. The molecule has 28 heavy (non-hydrogen) atoms. The summed E-state index contributed by atoms with van der Waals surface area (Å²) >= 11 is 0. The standard InChI is InChI=1S/C19H28N2O6S/c1-5-19(6-2)16(23)21(17(19)28(25,26)13-12-27-4)18(24)20(7-3)14-8-10-15(22)11-9-14/h8-11,17,22H,5-7,12-13H2,1-4H3. The highest BCUT2D eigenvalue weighted by Gasteiger charge is 2.66. The second-order valence-electron chi connectivity index (χ2n) is 6.79. The molecule has 1 heterocycles. The van der Waals surface area contributed by atoms with Crippen LogP contribution < -0.4 is 4.90 Å². The van der Waals surface area contributed by atoms with E-state index in [-0.39, 0.29) is 24.7 Å². The molecule has 1 saturated heterocycles. The van der Waals surface area contributed by atoms with E-state index in [1.807, 2.05) is 0 Å². The summed E-state index contributed by atoms with van der Waals surface area (Å²) in [5.41, 5.74) is -0.631. The van der Waals surface area contributed by atoms with E-state index >= 15 is 0 Å². The number of carbonyl (C=O) groups excluding carboxylic acids is 2. The van der Waals surface area contributed by atoms with Gasteiger partial charge in [-0.05, 0) is 44.0 Å². The van der Waals surface area contributed by atoms with Gasteiger partial charge in [-0.25, -0.2) is 18.1 Å². The average Bonchev–Trinajstić information content (AvgIpc) is 2.67. The number of phenols is 1. The molecule has 1 aliphatic rings. The number of imide groups is 1. The van der Waals surface area contributed by atoms with Gasteiger partial charge in [0.1, 0.15) is 5.75 Å². The SMILES string of the molecule is CCN(C(=O)N1C(=O)C(CC)(CC)C1S(=O)(=O)CCOC)c1ccc(O)cc1. The highest BCUT2D eigenvalue weighted by molar-refractivity contribution is 7.92. The van der Waals surface area contributed by atoms with Crippen LogP contribution in [0, 0.1) is 5.41 Å². The average molecular weight is 413 g/mol. The van der Waals surface area contributed by atoms with E-state index in [0.717, 1.165) is 4.90 Å². The van der Waals surface area contributed by atoms with E-state index in [4.69, 9.17) is 4.74 Å². The predicted octanol–water partition coefficient (Wildman–Crippen LogP) is 2.37. The Morgan fingerprint density at radius 3 is 2.25 bits per heavy atom. The van der Waals surface area contributed by atoms with Crippen LogP contribution in [0.1, 0.15) is 33.6 Å². The zero-order chi connectivity index (χ0) is 21.1. The first kappa shape index (κ1) is 22.2. The van der Waals surface area contributed by atoms with Crippen molar-refractivity contribution in [2.24, 2.45) is 5.41 Å². The van der Waals surface area contributed by atoms with Crippen LogP contribution in [0.15, 0.2) is 24.3 Å². The van der Waals surface area contributed by atoms with E-state index in [1.54, 1.807) is 32.9 Å². The zero-order valence-electron chi connectivity index (χ0n) is 16.7. The summed E-state index contributed by atoms with van der Waals surface area (Å²) < 4.78 is 30.9. The molecule has 0 saturated carbocycles. The molecule has 1 N–H and O–H groups in total. The van der Waals surface area contributed by atoms with Crippen molar-refractivity contribution in [1.29, 1.82) is 0 Å². The number of likely N-dealkylation sites (tertiary alicyclic amines) is 1. The van der Waals surface area contributed by atoms with Crippen molar-refractivity contribution in [3.05, 3.63) is 24.3 Å². The number of rotatable bonds is 8. The van der Waals surface area contributed by atoms with Gasteiger partial charge in [0, 0.05) is 19.3 Å². The summed E-state index contributed by atoms with van der Waals surface area (Å²) in [5, 5.41) is 8.25. The molecule has 0 bridgehead atoms. The summed E-state index contributed by atoms with van der Waals surface area (Å²) in [5.74, 6) is -0.688. The second kappa shape index (κ2) is 8.48. The third-order valence-electron chi connectivity index (χ3n) is 5.44. The lowest BCUT2D eigenvalue weighted by atomic mass is 9.73. The number of anilines is 1. The van der Waals surface area contributed by atoms with E-state index in [0.29, 0.717) is 18.5 Å². The fourth-order valence-corrected chi connectivity index (χ4v) is 5.98. The molecular formula is C19H28N2O6S. The van der Waals surface area contributed by atoms with Crippen LogP contribution in [-0.4, -0.2) is 61.8 Å². The number of hydrogen-bond acceptors (Lipinski definition) is 6. The van der Waals surface area contributed by atoms with Crippen LogP contribution in [0.5, 0.6) is 5.75 Å². The Morgan fingerprint density at radius 2 is 1.79 bits per heavy atom.